The highest BCUT2D eigenvalue weighted by Gasteiger charge is 2.35. The Hall–Kier alpha value is -0.590. The zero-order chi connectivity index (χ0) is 12.7. The minimum absolute atomic E-state index is 0.267. The fraction of sp³-hybridized carbons (Fsp3) is 0.929. The van der Waals surface area contributed by atoms with Crippen LogP contribution in [-0.2, 0) is 4.74 Å². The maximum absolute atomic E-state index is 9.24. The molecule has 0 saturated heterocycles. The van der Waals surface area contributed by atoms with E-state index in [1.807, 2.05) is 7.05 Å². The average Bonchev–Trinajstić information content (AvgIpc) is 2.34. The smallest absolute Gasteiger partial charge is 0.109 e. The summed E-state index contributed by atoms with van der Waals surface area (Å²) in [5.74, 6) is 0.750. The van der Waals surface area contributed by atoms with Crippen LogP contribution in [0.25, 0.3) is 0 Å². The van der Waals surface area contributed by atoms with Gasteiger partial charge in [0, 0.05) is 13.0 Å². The number of ether oxygens (including phenoxy) is 1. The summed E-state index contributed by atoms with van der Waals surface area (Å²) in [6, 6.07) is 2.41. The van der Waals surface area contributed by atoms with E-state index in [-0.39, 0.29) is 11.6 Å². The second-order valence-corrected chi connectivity index (χ2v) is 5.57. The van der Waals surface area contributed by atoms with Crippen molar-refractivity contribution in [3.05, 3.63) is 0 Å². The van der Waals surface area contributed by atoms with Crippen molar-refractivity contribution in [3.8, 4) is 6.07 Å². The van der Waals surface area contributed by atoms with Crippen LogP contribution in [0.3, 0.4) is 0 Å². The van der Waals surface area contributed by atoms with Crippen LogP contribution in [0.5, 0.6) is 0 Å². The quantitative estimate of drug-likeness (QED) is 0.724. The number of nitriles is 1. The molecule has 1 aliphatic rings. The highest BCUT2D eigenvalue weighted by Crippen LogP contribution is 2.29. The molecule has 17 heavy (non-hydrogen) atoms. The molecule has 2 atom stereocenters. The molecule has 3 heteroatoms. The van der Waals surface area contributed by atoms with E-state index in [1.54, 1.807) is 0 Å². The van der Waals surface area contributed by atoms with Gasteiger partial charge in [0.15, 0.2) is 0 Å². The number of hydrogen-bond donors (Lipinski definition) is 1. The van der Waals surface area contributed by atoms with Crippen LogP contribution in [0.1, 0.15) is 52.4 Å². The van der Waals surface area contributed by atoms with Gasteiger partial charge in [0.05, 0.1) is 12.2 Å². The van der Waals surface area contributed by atoms with Gasteiger partial charge in [-0.1, -0.05) is 13.8 Å². The van der Waals surface area contributed by atoms with Crippen molar-refractivity contribution < 1.29 is 4.74 Å². The van der Waals surface area contributed by atoms with E-state index in [1.165, 1.54) is 6.42 Å². The molecule has 98 valence electrons. The second-order valence-electron chi connectivity index (χ2n) is 5.57. The molecule has 0 heterocycles. The lowest BCUT2D eigenvalue weighted by molar-refractivity contribution is 0.00775. The van der Waals surface area contributed by atoms with Crippen molar-refractivity contribution in [2.45, 2.75) is 64.0 Å². The van der Waals surface area contributed by atoms with Crippen LogP contribution >= 0.6 is 0 Å². The van der Waals surface area contributed by atoms with Gasteiger partial charge in [0.25, 0.3) is 0 Å². The fourth-order valence-corrected chi connectivity index (χ4v) is 2.49. The monoisotopic (exact) mass is 238 g/mol. The highest BCUT2D eigenvalue weighted by molar-refractivity contribution is 5.09. The lowest BCUT2D eigenvalue weighted by Gasteiger charge is -2.35. The van der Waals surface area contributed by atoms with E-state index in [4.69, 9.17) is 4.74 Å². The summed E-state index contributed by atoms with van der Waals surface area (Å²) in [5.41, 5.74) is -0.346. The van der Waals surface area contributed by atoms with E-state index >= 15 is 0 Å². The van der Waals surface area contributed by atoms with E-state index in [9.17, 15) is 5.26 Å². The van der Waals surface area contributed by atoms with Gasteiger partial charge in [-0.2, -0.15) is 5.26 Å². The Bertz CT molecular complexity index is 259. The van der Waals surface area contributed by atoms with Crippen molar-refractivity contribution in [1.29, 1.82) is 5.26 Å². The molecular formula is C14H26N2O. The molecule has 0 radical (unpaired) electrons. The van der Waals surface area contributed by atoms with E-state index in [0.717, 1.165) is 44.6 Å². The summed E-state index contributed by atoms with van der Waals surface area (Å²) >= 11 is 0. The van der Waals surface area contributed by atoms with Crippen LogP contribution in [0.4, 0.5) is 0 Å². The van der Waals surface area contributed by atoms with Gasteiger partial charge in [-0.15, -0.1) is 0 Å². The number of nitrogens with zero attached hydrogens (tertiary/aromatic N) is 1. The third-order valence-electron chi connectivity index (χ3n) is 3.68. The molecule has 1 rings (SSSR count). The number of rotatable bonds is 6. The average molecular weight is 238 g/mol. The van der Waals surface area contributed by atoms with Crippen molar-refractivity contribution in [2.75, 3.05) is 13.7 Å². The molecule has 1 aliphatic carbocycles. The maximum atomic E-state index is 9.24. The van der Waals surface area contributed by atoms with Crippen molar-refractivity contribution in [2.24, 2.45) is 5.92 Å². The van der Waals surface area contributed by atoms with Crippen LogP contribution in [0, 0.1) is 17.2 Å². The minimum atomic E-state index is -0.346. The SMILES string of the molecule is CNC1(C#N)CCCC(OCCCC(C)C)C1. The first-order valence-electron chi connectivity index (χ1n) is 6.83. The Labute approximate surface area is 106 Å². The van der Waals surface area contributed by atoms with Crippen LogP contribution in [-0.4, -0.2) is 25.3 Å². The third-order valence-corrected chi connectivity index (χ3v) is 3.68. The fourth-order valence-electron chi connectivity index (χ4n) is 2.49. The van der Waals surface area contributed by atoms with Crippen LogP contribution < -0.4 is 5.32 Å². The van der Waals surface area contributed by atoms with Gasteiger partial charge in [-0.3, -0.25) is 0 Å². The molecule has 0 bridgehead atoms. The molecule has 3 nitrogen and oxygen atoms in total. The van der Waals surface area contributed by atoms with E-state index in [2.05, 4.69) is 25.2 Å². The molecule has 2 unspecified atom stereocenters. The van der Waals surface area contributed by atoms with Gasteiger partial charge in [0.1, 0.15) is 5.54 Å². The van der Waals surface area contributed by atoms with Gasteiger partial charge in [0.2, 0.25) is 0 Å². The predicted octanol–water partition coefficient (Wildman–Crippen LogP) is 2.86. The summed E-state index contributed by atoms with van der Waals surface area (Å²) in [6.07, 6.45) is 6.60. The molecular weight excluding hydrogens is 212 g/mol. The van der Waals surface area contributed by atoms with Gasteiger partial charge in [-0.25, -0.2) is 0 Å². The molecule has 0 aromatic rings. The Morgan fingerprint density at radius 2 is 2.29 bits per heavy atom. The first-order chi connectivity index (χ1) is 8.12. The zero-order valence-corrected chi connectivity index (χ0v) is 11.5. The summed E-state index contributed by atoms with van der Waals surface area (Å²) in [4.78, 5) is 0. The molecule has 0 aromatic heterocycles. The third kappa shape index (κ3) is 4.65. The topological polar surface area (TPSA) is 45.0 Å². The van der Waals surface area contributed by atoms with Gasteiger partial charge < -0.3 is 10.1 Å². The lowest BCUT2D eigenvalue weighted by atomic mass is 9.81. The molecule has 0 spiro atoms. The largest absolute Gasteiger partial charge is 0.378 e. The second kappa shape index (κ2) is 6.98. The Balaban J connectivity index is 2.28. The normalized spacial score (nSPS) is 29.2. The summed E-state index contributed by atoms with van der Waals surface area (Å²) < 4.78 is 5.90. The van der Waals surface area contributed by atoms with E-state index in [0.29, 0.717) is 0 Å². The molecule has 0 amide bonds. The molecule has 0 aliphatic heterocycles. The predicted molar refractivity (Wildman–Crippen MR) is 69.7 cm³/mol. The molecule has 1 fully saturated rings. The summed E-state index contributed by atoms with van der Waals surface area (Å²) in [5, 5.41) is 12.4. The summed E-state index contributed by atoms with van der Waals surface area (Å²) in [7, 11) is 1.88. The zero-order valence-electron chi connectivity index (χ0n) is 11.5. The molecule has 1 N–H and O–H groups in total. The first-order valence-corrected chi connectivity index (χ1v) is 6.83. The maximum Gasteiger partial charge on any atom is 0.109 e. The Morgan fingerprint density at radius 3 is 2.88 bits per heavy atom. The Morgan fingerprint density at radius 1 is 1.53 bits per heavy atom. The number of nitrogens with one attached hydrogen (secondary N) is 1. The highest BCUT2D eigenvalue weighted by atomic mass is 16.5. The first kappa shape index (κ1) is 14.5. The Kier molecular flexibility index (Phi) is 5.94. The van der Waals surface area contributed by atoms with Crippen molar-refractivity contribution in [1.82, 2.24) is 5.32 Å². The van der Waals surface area contributed by atoms with Crippen molar-refractivity contribution in [3.63, 3.8) is 0 Å². The van der Waals surface area contributed by atoms with Gasteiger partial charge >= 0.3 is 0 Å². The standard InChI is InChI=1S/C14H26N2O/c1-12(2)6-5-9-17-13-7-4-8-14(10-13,11-15)16-3/h12-13,16H,4-10H2,1-3H3. The van der Waals surface area contributed by atoms with Gasteiger partial charge in [-0.05, 0) is 45.1 Å². The number of hydrogen-bond acceptors (Lipinski definition) is 3. The summed E-state index contributed by atoms with van der Waals surface area (Å²) in [6.45, 7) is 5.32. The van der Waals surface area contributed by atoms with Crippen LogP contribution in [0.2, 0.25) is 0 Å². The lowest BCUT2D eigenvalue weighted by Crippen LogP contribution is -2.47. The van der Waals surface area contributed by atoms with Crippen molar-refractivity contribution >= 4 is 0 Å². The molecule has 1 saturated carbocycles. The van der Waals surface area contributed by atoms with Crippen LogP contribution in [0.15, 0.2) is 0 Å². The minimum Gasteiger partial charge on any atom is -0.378 e. The molecule has 0 aromatic carbocycles. The van der Waals surface area contributed by atoms with E-state index < -0.39 is 0 Å².